The Labute approximate surface area is 244 Å². The van der Waals surface area contributed by atoms with Gasteiger partial charge in [-0.2, -0.15) is 15.3 Å². The largest absolute Gasteiger partial charge is 0.293 e. The molecule has 0 radical (unpaired) electrons. The van der Waals surface area contributed by atoms with E-state index in [1.165, 1.54) is 9.69 Å². The van der Waals surface area contributed by atoms with Crippen LogP contribution in [0, 0.1) is 0 Å². The first-order valence-corrected chi connectivity index (χ1v) is 14.4. The summed E-state index contributed by atoms with van der Waals surface area (Å²) in [5, 5.41) is 16.2. The molecule has 4 aromatic rings. The summed E-state index contributed by atoms with van der Waals surface area (Å²) in [4.78, 5) is 27.6. The summed E-state index contributed by atoms with van der Waals surface area (Å²) in [6.45, 7) is 9.80. The lowest BCUT2D eigenvalue weighted by Crippen LogP contribution is -2.37. The van der Waals surface area contributed by atoms with Gasteiger partial charge in [0.1, 0.15) is 12.1 Å². The van der Waals surface area contributed by atoms with Crippen molar-refractivity contribution in [3.63, 3.8) is 0 Å². The van der Waals surface area contributed by atoms with E-state index in [9.17, 15) is 9.59 Å². The fraction of sp³-hybridized carbons (Fsp3) is 0.345. The zero-order valence-electron chi connectivity index (χ0n) is 22.5. The number of nitrogens with zero attached hydrogens (tertiary/aromatic N) is 6. The van der Waals surface area contributed by atoms with Crippen LogP contribution >= 0.6 is 31.9 Å². The summed E-state index contributed by atoms with van der Waals surface area (Å²) < 4.78 is 4.93. The third-order valence-corrected chi connectivity index (χ3v) is 7.83. The number of carbonyl (C=O) groups excluding carboxylic acids is 1. The van der Waals surface area contributed by atoms with Gasteiger partial charge in [-0.05, 0) is 62.1 Å². The first-order valence-electron chi connectivity index (χ1n) is 12.8. The Morgan fingerprint density at radius 3 is 2.23 bits per heavy atom. The summed E-state index contributed by atoms with van der Waals surface area (Å²) in [5.41, 5.74) is 3.16. The van der Waals surface area contributed by atoms with Crippen molar-refractivity contribution in [2.45, 2.75) is 65.1 Å². The lowest BCUT2D eigenvalue weighted by Gasteiger charge is -2.23. The number of benzene rings is 2. The highest BCUT2D eigenvalue weighted by atomic mass is 79.9. The lowest BCUT2D eigenvalue weighted by molar-refractivity contribution is -0.133. The molecule has 1 atom stereocenters. The second-order valence-corrected chi connectivity index (χ2v) is 12.9. The number of fused-ring (bicyclic) bond motifs is 1. The van der Waals surface area contributed by atoms with E-state index in [0.29, 0.717) is 11.9 Å². The predicted molar refractivity (Wildman–Crippen MR) is 160 cm³/mol. The molecule has 2 aromatic carbocycles. The van der Waals surface area contributed by atoms with Crippen LogP contribution in [0.3, 0.4) is 0 Å². The zero-order valence-corrected chi connectivity index (χ0v) is 25.7. The van der Waals surface area contributed by atoms with Crippen LogP contribution in [0.15, 0.2) is 73.6 Å². The van der Waals surface area contributed by atoms with Gasteiger partial charge < -0.3 is 0 Å². The molecule has 0 N–H and O–H groups in total. The molecule has 0 saturated carbocycles. The number of aromatic nitrogens is 4. The Bertz CT molecular complexity index is 1630. The van der Waals surface area contributed by atoms with Crippen LogP contribution in [0.5, 0.6) is 0 Å². The van der Waals surface area contributed by atoms with E-state index in [2.05, 4.69) is 42.1 Å². The zero-order chi connectivity index (χ0) is 28.1. The van der Waals surface area contributed by atoms with E-state index >= 15 is 0 Å². The second-order valence-electron chi connectivity index (χ2n) is 11.1. The fourth-order valence-electron chi connectivity index (χ4n) is 4.84. The molecule has 0 saturated heterocycles. The average Bonchev–Trinajstić information content (AvgIpc) is 3.52. The summed E-state index contributed by atoms with van der Waals surface area (Å²) in [7, 11) is 0. The molecule has 0 fully saturated rings. The fourth-order valence-corrected chi connectivity index (χ4v) is 5.37. The van der Waals surface area contributed by atoms with Gasteiger partial charge in [-0.25, -0.2) is 9.69 Å². The molecule has 8 nitrogen and oxygen atoms in total. The summed E-state index contributed by atoms with van der Waals surface area (Å²) in [6, 6.07) is 15.5. The number of amides is 1. The van der Waals surface area contributed by atoms with Crippen molar-refractivity contribution in [3.8, 4) is 0 Å². The number of hydrogen-bond acceptors (Lipinski definition) is 5. The van der Waals surface area contributed by atoms with E-state index in [-0.39, 0.29) is 30.0 Å². The lowest BCUT2D eigenvalue weighted by atomic mass is 9.98. The standard InChI is InChI=1S/C29H30Br2N6O2/c1-17(2)26-22-15-32-37(29(3,4)5)27(22)28(39)35(34-26)16-25(38)36-24(19-8-12-21(31)13-9-19)14-23(33-36)18-6-10-20(30)11-7-18/h6-13,15,17,24H,14,16H2,1-5H3. The number of rotatable bonds is 5. The molecule has 1 unspecified atom stereocenters. The van der Waals surface area contributed by atoms with Crippen molar-refractivity contribution >= 4 is 54.4 Å². The number of halogens is 2. The van der Waals surface area contributed by atoms with Gasteiger partial charge >= 0.3 is 0 Å². The van der Waals surface area contributed by atoms with Crippen molar-refractivity contribution in [2.24, 2.45) is 5.10 Å². The maximum atomic E-state index is 13.9. The molecule has 1 aliphatic heterocycles. The predicted octanol–water partition coefficient (Wildman–Crippen LogP) is 6.37. The number of hydrazone groups is 1. The third-order valence-electron chi connectivity index (χ3n) is 6.78. The molecular formula is C29H30Br2N6O2. The molecule has 39 heavy (non-hydrogen) atoms. The van der Waals surface area contributed by atoms with Gasteiger partial charge in [0.15, 0.2) is 0 Å². The number of carbonyl (C=O) groups is 1. The van der Waals surface area contributed by atoms with Crippen LogP contribution in [-0.4, -0.2) is 36.2 Å². The second kappa shape index (κ2) is 10.5. The van der Waals surface area contributed by atoms with Gasteiger partial charge in [-0.3, -0.25) is 14.3 Å². The molecule has 202 valence electrons. The molecule has 0 bridgehead atoms. The van der Waals surface area contributed by atoms with Crippen LogP contribution < -0.4 is 5.56 Å². The SMILES string of the molecule is CC(C)c1nn(CC(=O)N2N=C(c3ccc(Br)cc3)CC2c2ccc(Br)cc2)c(=O)c2c1cnn2C(C)(C)C. The highest BCUT2D eigenvalue weighted by Crippen LogP contribution is 2.34. The van der Waals surface area contributed by atoms with Crippen LogP contribution in [-0.2, 0) is 16.9 Å². The molecule has 0 aliphatic carbocycles. The van der Waals surface area contributed by atoms with Crippen LogP contribution in [0.25, 0.3) is 10.9 Å². The average molecular weight is 654 g/mol. The van der Waals surface area contributed by atoms with Crippen LogP contribution in [0.2, 0.25) is 0 Å². The first-order chi connectivity index (χ1) is 18.4. The highest BCUT2D eigenvalue weighted by molar-refractivity contribution is 9.10. The summed E-state index contributed by atoms with van der Waals surface area (Å²) in [6.07, 6.45) is 2.26. The first kappa shape index (κ1) is 27.5. The van der Waals surface area contributed by atoms with E-state index in [4.69, 9.17) is 5.10 Å². The van der Waals surface area contributed by atoms with Gasteiger partial charge in [0.25, 0.3) is 11.5 Å². The van der Waals surface area contributed by atoms with E-state index in [1.54, 1.807) is 10.9 Å². The van der Waals surface area contributed by atoms with Crippen LogP contribution in [0.4, 0.5) is 0 Å². The maximum Gasteiger partial charge on any atom is 0.293 e. The van der Waals surface area contributed by atoms with Gasteiger partial charge in [0.2, 0.25) is 0 Å². The Morgan fingerprint density at radius 2 is 1.64 bits per heavy atom. The topological polar surface area (TPSA) is 85.4 Å². The van der Waals surface area contributed by atoms with E-state index in [0.717, 1.165) is 36.9 Å². The normalized spacial score (nSPS) is 15.8. The number of hydrogen-bond donors (Lipinski definition) is 0. The van der Waals surface area contributed by atoms with E-state index < -0.39 is 5.54 Å². The smallest absolute Gasteiger partial charge is 0.271 e. The minimum absolute atomic E-state index is 0.0383. The molecule has 10 heteroatoms. The van der Waals surface area contributed by atoms with Crippen molar-refractivity contribution in [2.75, 3.05) is 0 Å². The minimum Gasteiger partial charge on any atom is -0.271 e. The van der Waals surface area contributed by atoms with Gasteiger partial charge in [0, 0.05) is 20.8 Å². The van der Waals surface area contributed by atoms with Gasteiger partial charge in [-0.1, -0.05) is 70.0 Å². The molecule has 3 heterocycles. The molecule has 0 spiro atoms. The highest BCUT2D eigenvalue weighted by Gasteiger charge is 2.34. The van der Waals surface area contributed by atoms with Crippen molar-refractivity contribution < 1.29 is 4.79 Å². The Morgan fingerprint density at radius 1 is 1.03 bits per heavy atom. The van der Waals surface area contributed by atoms with Crippen molar-refractivity contribution in [1.29, 1.82) is 0 Å². The van der Waals surface area contributed by atoms with Crippen molar-refractivity contribution in [1.82, 2.24) is 24.6 Å². The molecule has 5 rings (SSSR count). The maximum absolute atomic E-state index is 13.9. The molecule has 1 amide bonds. The van der Waals surface area contributed by atoms with E-state index in [1.807, 2.05) is 83.1 Å². The van der Waals surface area contributed by atoms with Crippen molar-refractivity contribution in [3.05, 3.63) is 90.8 Å². The molecular weight excluding hydrogens is 624 g/mol. The third kappa shape index (κ3) is 5.36. The minimum atomic E-state index is -0.413. The Hall–Kier alpha value is -3.11. The summed E-state index contributed by atoms with van der Waals surface area (Å²) >= 11 is 6.97. The van der Waals surface area contributed by atoms with Gasteiger partial charge in [0.05, 0.1) is 29.2 Å². The monoisotopic (exact) mass is 652 g/mol. The Kier molecular flexibility index (Phi) is 7.37. The Balaban J connectivity index is 1.57. The van der Waals surface area contributed by atoms with Gasteiger partial charge in [-0.15, -0.1) is 0 Å². The molecule has 2 aromatic heterocycles. The van der Waals surface area contributed by atoms with Crippen LogP contribution in [0.1, 0.15) is 69.8 Å². The quantitative estimate of drug-likeness (QED) is 0.250. The molecule has 1 aliphatic rings. The summed E-state index contributed by atoms with van der Waals surface area (Å²) in [5.74, 6) is -0.267.